The lowest BCUT2D eigenvalue weighted by Gasteiger charge is -2.44. The highest BCUT2D eigenvalue weighted by Gasteiger charge is 2.50. The zero-order valence-corrected chi connectivity index (χ0v) is 29.4. The zero-order valence-electron chi connectivity index (χ0n) is 28.4. The second kappa shape index (κ2) is 18.2. The van der Waals surface area contributed by atoms with E-state index in [-0.39, 0.29) is 29.8 Å². The van der Waals surface area contributed by atoms with Crippen LogP contribution in [0.5, 0.6) is 0 Å². The summed E-state index contributed by atoms with van der Waals surface area (Å²) in [5.41, 5.74) is 1.12. The van der Waals surface area contributed by atoms with Gasteiger partial charge in [-0.1, -0.05) is 139 Å². The first kappa shape index (κ1) is 36.4. The van der Waals surface area contributed by atoms with E-state index >= 15 is 0 Å². The highest BCUT2D eigenvalue weighted by molar-refractivity contribution is 6.99. The first-order valence-electron chi connectivity index (χ1n) is 16.3. The molecule has 0 N–H and O–H groups in total. The van der Waals surface area contributed by atoms with Gasteiger partial charge in [-0.2, -0.15) is 0 Å². The zero-order chi connectivity index (χ0) is 32.7. The fourth-order valence-electron chi connectivity index (χ4n) is 6.35. The molecule has 244 valence electrons. The molecule has 0 aliphatic rings. The minimum absolute atomic E-state index is 0.117. The third kappa shape index (κ3) is 11.1. The van der Waals surface area contributed by atoms with Crippen LogP contribution in [0.3, 0.4) is 0 Å². The Kier molecular flexibility index (Phi) is 14.7. The van der Waals surface area contributed by atoms with Gasteiger partial charge in [-0.25, -0.2) is 4.79 Å². The second-order valence-corrected chi connectivity index (χ2v) is 17.8. The summed E-state index contributed by atoms with van der Waals surface area (Å²) in [5, 5.41) is 2.41. The molecule has 0 radical (unpaired) electrons. The molecule has 6 heteroatoms. The van der Waals surface area contributed by atoms with Crippen LogP contribution in [0.2, 0.25) is 5.04 Å². The molecule has 0 saturated heterocycles. The van der Waals surface area contributed by atoms with Crippen molar-refractivity contribution in [3.63, 3.8) is 0 Å². The van der Waals surface area contributed by atoms with E-state index in [9.17, 15) is 4.79 Å². The number of carbonyl (C=O) groups excluding carboxylic acids is 1. The summed E-state index contributed by atoms with van der Waals surface area (Å²) < 4.78 is 24.6. The number of carbonyl (C=O) groups is 1. The summed E-state index contributed by atoms with van der Waals surface area (Å²) in [6.07, 6.45) is 6.20. The number of hydrogen-bond acceptors (Lipinski definition) is 5. The molecule has 0 saturated carbocycles. The first-order chi connectivity index (χ1) is 21.6. The lowest BCUT2D eigenvalue weighted by Crippen LogP contribution is -2.67. The molecule has 0 aliphatic heterocycles. The van der Waals surface area contributed by atoms with Gasteiger partial charge < -0.3 is 18.6 Å². The summed E-state index contributed by atoms with van der Waals surface area (Å²) in [4.78, 5) is 11.5. The van der Waals surface area contributed by atoms with Gasteiger partial charge >= 0.3 is 5.97 Å². The maximum atomic E-state index is 11.5. The lowest BCUT2D eigenvalue weighted by atomic mass is 9.86. The molecule has 0 aliphatic carbocycles. The predicted molar refractivity (Wildman–Crippen MR) is 187 cm³/mol. The van der Waals surface area contributed by atoms with Crippen molar-refractivity contribution in [2.75, 3.05) is 20.5 Å². The van der Waals surface area contributed by atoms with Crippen LogP contribution in [-0.4, -0.2) is 40.9 Å². The Balaban J connectivity index is 1.79. The Morgan fingerprint density at radius 2 is 1.36 bits per heavy atom. The van der Waals surface area contributed by atoms with Crippen molar-refractivity contribution in [2.24, 2.45) is 17.8 Å². The fraction of sp³-hybridized carbons (Fsp3) is 0.462. The van der Waals surface area contributed by atoms with E-state index in [4.69, 9.17) is 18.6 Å². The molecule has 5 nitrogen and oxygen atoms in total. The average Bonchev–Trinajstić information content (AvgIpc) is 3.02. The van der Waals surface area contributed by atoms with Crippen molar-refractivity contribution in [1.82, 2.24) is 0 Å². The number of esters is 1. The normalized spacial score (nSPS) is 15.0. The van der Waals surface area contributed by atoms with E-state index in [1.165, 1.54) is 23.6 Å². The standard InChI is InChI=1S/C39H54O5Si/c1-31(18-17-25-38(40)41-7)26-32(2)27-33(3)37(43-30-42-28-34-19-11-8-12-20-34)29-44-45(39(4,5)6,35-21-13-9-14-22-35)36-23-15-10-16-24-36/h8-17,19-25,31-33,37H,18,26-30H2,1-7H3/b25-17+/t31-,32-,33-,37+/m0/s1. The third-order valence-corrected chi connectivity index (χ3v) is 13.6. The van der Waals surface area contributed by atoms with Crippen molar-refractivity contribution >= 4 is 24.7 Å². The summed E-state index contributed by atoms with van der Waals surface area (Å²) >= 11 is 0. The van der Waals surface area contributed by atoms with Crippen molar-refractivity contribution in [3.05, 3.63) is 109 Å². The molecule has 3 rings (SSSR count). The molecule has 0 heterocycles. The van der Waals surface area contributed by atoms with Gasteiger partial charge in [-0.15, -0.1) is 0 Å². The highest BCUT2D eigenvalue weighted by Crippen LogP contribution is 2.37. The van der Waals surface area contributed by atoms with E-state index in [1.54, 1.807) is 0 Å². The summed E-state index contributed by atoms with van der Waals surface area (Å²) in [6, 6.07) is 31.7. The number of benzene rings is 3. The van der Waals surface area contributed by atoms with Crippen LogP contribution in [0, 0.1) is 17.8 Å². The summed E-state index contributed by atoms with van der Waals surface area (Å²) in [6.45, 7) is 14.9. The first-order valence-corrected chi connectivity index (χ1v) is 18.2. The molecule has 0 aromatic heterocycles. The van der Waals surface area contributed by atoms with Crippen molar-refractivity contribution < 1.29 is 23.4 Å². The Bertz CT molecular complexity index is 1230. The second-order valence-electron chi connectivity index (χ2n) is 13.5. The Hall–Kier alpha value is -3.03. The molecular formula is C39H54O5Si. The summed E-state index contributed by atoms with van der Waals surface area (Å²) in [7, 11) is -1.31. The van der Waals surface area contributed by atoms with Crippen molar-refractivity contribution in [2.45, 2.75) is 78.6 Å². The minimum Gasteiger partial charge on any atom is -0.466 e. The van der Waals surface area contributed by atoms with Crippen LogP contribution in [0.4, 0.5) is 0 Å². The fourth-order valence-corrected chi connectivity index (χ4v) is 10.9. The smallest absolute Gasteiger partial charge is 0.330 e. The number of methoxy groups -OCH3 is 1. The maximum absolute atomic E-state index is 11.5. The lowest BCUT2D eigenvalue weighted by molar-refractivity contribution is -0.134. The monoisotopic (exact) mass is 630 g/mol. The van der Waals surface area contributed by atoms with Gasteiger partial charge in [0.05, 0.1) is 26.4 Å². The molecule has 3 aromatic rings. The quantitative estimate of drug-likeness (QED) is 0.0470. The minimum atomic E-state index is -2.72. The van der Waals surface area contributed by atoms with E-state index < -0.39 is 8.32 Å². The molecule has 4 atom stereocenters. The van der Waals surface area contributed by atoms with E-state index in [2.05, 4.69) is 114 Å². The van der Waals surface area contributed by atoms with Crippen LogP contribution in [-0.2, 0) is 30.0 Å². The van der Waals surface area contributed by atoms with Gasteiger partial charge in [0.2, 0.25) is 0 Å². The molecule has 0 bridgehead atoms. The van der Waals surface area contributed by atoms with Crippen LogP contribution in [0.15, 0.2) is 103 Å². The van der Waals surface area contributed by atoms with Crippen molar-refractivity contribution in [1.29, 1.82) is 0 Å². The maximum Gasteiger partial charge on any atom is 0.330 e. The predicted octanol–water partition coefficient (Wildman–Crippen LogP) is 7.93. The number of ether oxygens (including phenoxy) is 3. The van der Waals surface area contributed by atoms with Gasteiger partial charge in [0.25, 0.3) is 8.32 Å². The third-order valence-electron chi connectivity index (χ3n) is 8.57. The number of allylic oxidation sites excluding steroid dienone is 1. The van der Waals surface area contributed by atoms with Crippen LogP contribution < -0.4 is 10.4 Å². The van der Waals surface area contributed by atoms with Gasteiger partial charge in [-0.3, -0.25) is 0 Å². The highest BCUT2D eigenvalue weighted by atomic mass is 28.4. The van der Waals surface area contributed by atoms with Gasteiger partial charge in [-0.05, 0) is 58.0 Å². The summed E-state index contributed by atoms with van der Waals surface area (Å²) in [5.74, 6) is 0.872. The molecule has 0 fully saturated rings. The SMILES string of the molecule is COC(=O)/C=C/C[C@H](C)C[C@H](C)C[C@H](C)[C@@H](CO[Si](c1ccccc1)(c1ccccc1)C(C)(C)C)OCOCc1ccccc1. The van der Waals surface area contributed by atoms with E-state index in [1.807, 2.05) is 24.3 Å². The number of rotatable bonds is 18. The topological polar surface area (TPSA) is 54.0 Å². The van der Waals surface area contributed by atoms with E-state index in [0.29, 0.717) is 25.0 Å². The Morgan fingerprint density at radius 1 is 0.800 bits per heavy atom. The molecular weight excluding hydrogens is 577 g/mol. The van der Waals surface area contributed by atoms with Gasteiger partial charge in [0, 0.05) is 6.08 Å². The van der Waals surface area contributed by atoms with Gasteiger partial charge in [0.1, 0.15) is 6.79 Å². The average molecular weight is 631 g/mol. The molecule has 0 spiro atoms. The van der Waals surface area contributed by atoms with Crippen LogP contribution in [0.1, 0.15) is 66.4 Å². The largest absolute Gasteiger partial charge is 0.466 e. The van der Waals surface area contributed by atoms with Crippen LogP contribution in [0.25, 0.3) is 0 Å². The number of hydrogen-bond donors (Lipinski definition) is 0. The van der Waals surface area contributed by atoms with Gasteiger partial charge in [0.15, 0.2) is 0 Å². The van der Waals surface area contributed by atoms with Crippen LogP contribution >= 0.6 is 0 Å². The molecule has 0 unspecified atom stereocenters. The van der Waals surface area contributed by atoms with E-state index in [0.717, 1.165) is 24.8 Å². The Morgan fingerprint density at radius 3 is 1.89 bits per heavy atom. The Labute approximate surface area is 273 Å². The molecule has 45 heavy (non-hydrogen) atoms. The molecule has 0 amide bonds. The van der Waals surface area contributed by atoms with Crippen molar-refractivity contribution in [3.8, 4) is 0 Å². The molecule has 3 aromatic carbocycles.